The number of hydrogen-bond acceptors (Lipinski definition) is 5. The van der Waals surface area contributed by atoms with E-state index in [1.165, 1.54) is 6.07 Å². The summed E-state index contributed by atoms with van der Waals surface area (Å²) in [7, 11) is 0. The second kappa shape index (κ2) is 7.07. The maximum Gasteiger partial charge on any atom is 0.404 e. The summed E-state index contributed by atoms with van der Waals surface area (Å²) < 4.78 is 4.93. The molecule has 0 aliphatic heterocycles. The highest BCUT2D eigenvalue weighted by atomic mass is 16.5. The van der Waals surface area contributed by atoms with E-state index in [1.54, 1.807) is 0 Å². The van der Waals surface area contributed by atoms with Crippen molar-refractivity contribution in [2.24, 2.45) is 0 Å². The van der Waals surface area contributed by atoms with Gasteiger partial charge in [0.05, 0.1) is 6.61 Å². The van der Waals surface area contributed by atoms with Crippen molar-refractivity contribution < 1.29 is 24.3 Å². The zero-order chi connectivity index (χ0) is 15.2. The van der Waals surface area contributed by atoms with Crippen molar-refractivity contribution in [3.63, 3.8) is 0 Å². The molecule has 0 unspecified atom stereocenters. The lowest BCUT2D eigenvalue weighted by Gasteiger charge is -2.28. The Morgan fingerprint density at radius 1 is 1.24 bits per heavy atom. The van der Waals surface area contributed by atoms with E-state index in [1.807, 2.05) is 0 Å². The molecule has 21 heavy (non-hydrogen) atoms. The van der Waals surface area contributed by atoms with Crippen molar-refractivity contribution in [3.8, 4) is 0 Å². The van der Waals surface area contributed by atoms with Gasteiger partial charge in [-0.1, -0.05) is 5.16 Å². The third-order valence-electron chi connectivity index (χ3n) is 3.54. The van der Waals surface area contributed by atoms with Crippen LogP contribution >= 0.6 is 0 Å². The summed E-state index contributed by atoms with van der Waals surface area (Å²) in [4.78, 5) is 22.5. The molecule has 1 saturated carbocycles. The summed E-state index contributed by atoms with van der Waals surface area (Å²) in [6.45, 7) is -0.0587. The summed E-state index contributed by atoms with van der Waals surface area (Å²) >= 11 is 0. The minimum absolute atomic E-state index is 0.0161. The molecule has 1 fully saturated rings. The molecule has 1 heterocycles. The number of carbonyl (C=O) groups is 2. The van der Waals surface area contributed by atoms with Crippen molar-refractivity contribution in [3.05, 3.63) is 17.5 Å². The molecule has 2 rings (SSSR count). The lowest BCUT2D eigenvalue weighted by molar-refractivity contribution is 0.0914. The fourth-order valence-corrected chi connectivity index (χ4v) is 2.46. The molecule has 0 radical (unpaired) electrons. The highest BCUT2D eigenvalue weighted by Gasteiger charge is 2.24. The molecular formula is C13H19N3O5. The number of aliphatic hydroxyl groups excluding tert-OH is 1. The van der Waals surface area contributed by atoms with Crippen LogP contribution in [0.2, 0.25) is 0 Å². The normalized spacial score (nSPS) is 21.8. The van der Waals surface area contributed by atoms with E-state index in [9.17, 15) is 9.59 Å². The van der Waals surface area contributed by atoms with E-state index in [2.05, 4.69) is 15.8 Å². The van der Waals surface area contributed by atoms with Gasteiger partial charge < -0.3 is 25.4 Å². The Balaban J connectivity index is 1.79. The number of carboxylic acid groups (broad SMARTS) is 1. The number of amides is 2. The quantitative estimate of drug-likeness (QED) is 0.628. The van der Waals surface area contributed by atoms with Crippen LogP contribution < -0.4 is 10.6 Å². The van der Waals surface area contributed by atoms with Gasteiger partial charge in [0, 0.05) is 24.6 Å². The van der Waals surface area contributed by atoms with E-state index < -0.39 is 6.09 Å². The van der Waals surface area contributed by atoms with E-state index in [4.69, 9.17) is 14.7 Å². The number of nitrogens with one attached hydrogen (secondary N) is 2. The van der Waals surface area contributed by atoms with Gasteiger partial charge >= 0.3 is 6.09 Å². The minimum atomic E-state index is -1.01. The lowest BCUT2D eigenvalue weighted by atomic mass is 9.91. The molecule has 1 aliphatic carbocycles. The van der Waals surface area contributed by atoms with Crippen LogP contribution in [-0.4, -0.2) is 46.1 Å². The smallest absolute Gasteiger partial charge is 0.404 e. The molecule has 2 amide bonds. The molecular weight excluding hydrogens is 278 g/mol. The van der Waals surface area contributed by atoms with E-state index in [-0.39, 0.29) is 30.3 Å². The van der Waals surface area contributed by atoms with Crippen LogP contribution in [0.3, 0.4) is 0 Å². The van der Waals surface area contributed by atoms with Gasteiger partial charge in [0.15, 0.2) is 5.69 Å². The second-order valence-corrected chi connectivity index (χ2v) is 5.12. The van der Waals surface area contributed by atoms with Crippen LogP contribution in [0.1, 0.15) is 41.9 Å². The Kier molecular flexibility index (Phi) is 5.15. The first-order valence-corrected chi connectivity index (χ1v) is 6.95. The van der Waals surface area contributed by atoms with Crippen molar-refractivity contribution >= 4 is 12.0 Å². The highest BCUT2D eigenvalue weighted by Crippen LogP contribution is 2.19. The van der Waals surface area contributed by atoms with E-state index in [0.29, 0.717) is 25.0 Å². The van der Waals surface area contributed by atoms with Crippen molar-refractivity contribution in [1.29, 1.82) is 0 Å². The topological polar surface area (TPSA) is 125 Å². The molecule has 0 spiro atoms. The zero-order valence-corrected chi connectivity index (χ0v) is 11.5. The molecule has 1 aromatic heterocycles. The van der Waals surface area contributed by atoms with Crippen LogP contribution in [0.4, 0.5) is 4.79 Å². The van der Waals surface area contributed by atoms with Crippen LogP contribution in [-0.2, 0) is 6.42 Å². The summed E-state index contributed by atoms with van der Waals surface area (Å²) in [6.07, 6.45) is 2.15. The van der Waals surface area contributed by atoms with Crippen molar-refractivity contribution in [2.45, 2.75) is 44.2 Å². The first-order chi connectivity index (χ1) is 10.1. The molecule has 4 N–H and O–H groups in total. The Bertz CT molecular complexity index is 494. The Labute approximate surface area is 121 Å². The Morgan fingerprint density at radius 3 is 2.43 bits per heavy atom. The SMILES string of the molecule is O=C(O)N[C@H]1CC[C@H](NC(=O)c2cc(CCO)on2)CC1. The number of aromatic nitrogens is 1. The minimum Gasteiger partial charge on any atom is -0.465 e. The third-order valence-corrected chi connectivity index (χ3v) is 3.54. The zero-order valence-electron chi connectivity index (χ0n) is 11.5. The summed E-state index contributed by atoms with van der Waals surface area (Å²) in [5.41, 5.74) is 0.198. The van der Waals surface area contributed by atoms with Gasteiger partial charge in [-0.2, -0.15) is 0 Å². The molecule has 0 aromatic carbocycles. The predicted molar refractivity (Wildman–Crippen MR) is 72.0 cm³/mol. The van der Waals surface area contributed by atoms with Gasteiger partial charge in [0.25, 0.3) is 5.91 Å². The highest BCUT2D eigenvalue weighted by molar-refractivity contribution is 5.92. The Hall–Kier alpha value is -2.09. The van der Waals surface area contributed by atoms with E-state index in [0.717, 1.165) is 12.8 Å². The fraction of sp³-hybridized carbons (Fsp3) is 0.615. The molecule has 0 atom stereocenters. The summed E-state index contributed by atoms with van der Waals surface area (Å²) in [5, 5.41) is 26.4. The van der Waals surface area contributed by atoms with Crippen LogP contribution in [0.15, 0.2) is 10.6 Å². The largest absolute Gasteiger partial charge is 0.465 e. The maximum atomic E-state index is 12.0. The molecule has 116 valence electrons. The average molecular weight is 297 g/mol. The van der Waals surface area contributed by atoms with Crippen molar-refractivity contribution in [2.75, 3.05) is 6.61 Å². The number of hydrogen-bond donors (Lipinski definition) is 4. The molecule has 1 aliphatic rings. The van der Waals surface area contributed by atoms with E-state index >= 15 is 0 Å². The van der Waals surface area contributed by atoms with Crippen LogP contribution in [0.5, 0.6) is 0 Å². The number of nitrogens with zero attached hydrogens (tertiary/aromatic N) is 1. The number of carbonyl (C=O) groups excluding carboxylic acids is 1. The second-order valence-electron chi connectivity index (χ2n) is 5.12. The van der Waals surface area contributed by atoms with Crippen LogP contribution in [0, 0.1) is 0 Å². The van der Waals surface area contributed by atoms with Crippen LogP contribution in [0.25, 0.3) is 0 Å². The van der Waals surface area contributed by atoms with Gasteiger partial charge in [0.1, 0.15) is 5.76 Å². The number of aliphatic hydroxyl groups is 1. The van der Waals surface area contributed by atoms with Gasteiger partial charge in [-0.3, -0.25) is 4.79 Å². The fourth-order valence-electron chi connectivity index (χ4n) is 2.46. The van der Waals surface area contributed by atoms with Crippen molar-refractivity contribution in [1.82, 2.24) is 15.8 Å². The molecule has 8 nitrogen and oxygen atoms in total. The molecule has 8 heteroatoms. The monoisotopic (exact) mass is 297 g/mol. The predicted octanol–water partition coefficient (Wildman–Crippen LogP) is 0.518. The van der Waals surface area contributed by atoms with Gasteiger partial charge in [0.2, 0.25) is 0 Å². The Morgan fingerprint density at radius 2 is 1.86 bits per heavy atom. The molecule has 0 saturated heterocycles. The lowest BCUT2D eigenvalue weighted by Crippen LogP contribution is -2.43. The number of rotatable bonds is 5. The standard InChI is InChI=1S/C13H19N3O5/c17-6-5-10-7-11(16-21-10)12(18)14-8-1-3-9(4-2-8)15-13(19)20/h7-9,15,17H,1-6H2,(H,14,18)(H,19,20)/t8-,9-. The van der Waals surface area contributed by atoms with Gasteiger partial charge in [-0.05, 0) is 25.7 Å². The molecule has 1 aromatic rings. The average Bonchev–Trinajstić information content (AvgIpc) is 2.89. The third kappa shape index (κ3) is 4.45. The summed E-state index contributed by atoms with van der Waals surface area (Å²) in [6, 6.07) is 1.49. The summed E-state index contributed by atoms with van der Waals surface area (Å²) in [5.74, 6) is 0.162. The van der Waals surface area contributed by atoms with Gasteiger partial charge in [-0.25, -0.2) is 4.79 Å². The molecule has 0 bridgehead atoms. The first-order valence-electron chi connectivity index (χ1n) is 6.95. The van der Waals surface area contributed by atoms with Gasteiger partial charge in [-0.15, -0.1) is 0 Å². The maximum absolute atomic E-state index is 12.0. The first kappa shape index (κ1) is 15.3.